The van der Waals surface area contributed by atoms with Crippen LogP contribution in [0.2, 0.25) is 0 Å². The van der Waals surface area contributed by atoms with Crippen LogP contribution in [-0.4, -0.2) is 247 Å². The molecule has 1 aliphatic carbocycles. The predicted molar refractivity (Wildman–Crippen MR) is 301 cm³/mol. The fourth-order valence-corrected chi connectivity index (χ4v) is 10.8. The summed E-state index contributed by atoms with van der Waals surface area (Å²) < 4.78 is 114. The first-order chi connectivity index (χ1) is 44.2. The molecule has 0 aromatic carbocycles. The molecule has 0 unspecified atom stereocenters. The maximum atomic E-state index is 14.5. The third-order valence-corrected chi connectivity index (χ3v) is 13.9. The van der Waals surface area contributed by atoms with Gasteiger partial charge < -0.3 is 94.9 Å². The number of carbonyl (C=O) groups excluding carboxylic acids is 13. The molecule has 5 rings (SSSR count). The van der Waals surface area contributed by atoms with E-state index in [-0.39, 0.29) is 17.9 Å². The third kappa shape index (κ3) is 21.9. The van der Waals surface area contributed by atoms with Crippen molar-refractivity contribution < 1.29 is 152 Å². The van der Waals surface area contributed by atoms with E-state index in [0.717, 1.165) is 94.9 Å². The Morgan fingerprint density at radius 3 is 1.34 bits per heavy atom. The van der Waals surface area contributed by atoms with Gasteiger partial charge in [0, 0.05) is 102 Å². The minimum atomic E-state index is -2.12. The Labute approximate surface area is 538 Å². The minimum Gasteiger partial charge on any atom is -0.463 e. The zero-order chi connectivity index (χ0) is 70.0. The Kier molecular flexibility index (Phi) is 28.7. The van der Waals surface area contributed by atoms with Crippen molar-refractivity contribution in [2.75, 3.05) is 33.0 Å². The number of carbonyl (C=O) groups is 13. The summed E-state index contributed by atoms with van der Waals surface area (Å²) in [5.41, 5.74) is 0.133. The van der Waals surface area contributed by atoms with Crippen molar-refractivity contribution in [3.63, 3.8) is 0 Å². The first-order valence-corrected chi connectivity index (χ1v) is 29.5. The van der Waals surface area contributed by atoms with E-state index >= 15 is 0 Å². The van der Waals surface area contributed by atoms with Crippen molar-refractivity contribution in [2.24, 2.45) is 0 Å². The molecule has 3 fully saturated rings. The van der Waals surface area contributed by atoms with Gasteiger partial charge in [0.15, 0.2) is 73.8 Å². The van der Waals surface area contributed by atoms with Crippen LogP contribution in [0.3, 0.4) is 0 Å². The van der Waals surface area contributed by atoms with Crippen LogP contribution in [0.4, 0.5) is 0 Å². The lowest BCUT2D eigenvalue weighted by Gasteiger charge is -2.53. The first kappa shape index (κ1) is 76.4. The van der Waals surface area contributed by atoms with Gasteiger partial charge >= 0.3 is 71.6 Å². The van der Waals surface area contributed by atoms with E-state index in [1.54, 1.807) is 0 Å². The van der Waals surface area contributed by atoms with Crippen LogP contribution < -0.4 is 0 Å². The van der Waals surface area contributed by atoms with Gasteiger partial charge in [-0.3, -0.25) is 62.3 Å². The number of hydrogen-bond donors (Lipinski definition) is 0. The smallest absolute Gasteiger partial charge is 0.303 e. The Morgan fingerprint density at radius 2 is 0.883 bits per heavy atom. The van der Waals surface area contributed by atoms with E-state index in [0.29, 0.717) is 19.8 Å². The highest BCUT2D eigenvalue weighted by molar-refractivity contribution is 5.76. The SMILES string of the molecule is CCOCCn1cc(CO[C@@H]2O[C@H](COC(C)=O)[C@@H](O[C@H]3O[C@H](COC(C)=O)[C@@H](O[C@H]4O[C@H](C)[C@@H](N(C(C)=O)[C@H]5C=C(COC(C)=O)[C@@H](OC(C)=O)[C@H](OC(C)=O)[C@H]5OC(C)=O)[C@H](OC(C)=O)[C@H]4OC(C)=O)[C@H](OC(C)=O)[C@H]3OC(C)=O)[C@H](OC(C)=O)[C@H]2OC(C)=O)nn1. The maximum Gasteiger partial charge on any atom is 0.303 e. The molecule has 0 N–H and O–H groups in total. The molecule has 0 radical (unpaired) electrons. The molecule has 3 aliphatic heterocycles. The fourth-order valence-electron chi connectivity index (χ4n) is 10.8. The molecule has 0 bridgehead atoms. The summed E-state index contributed by atoms with van der Waals surface area (Å²) in [5.74, 6) is -12.9. The highest BCUT2D eigenvalue weighted by atomic mass is 16.8. The van der Waals surface area contributed by atoms with E-state index in [9.17, 15) is 62.3 Å². The molecule has 0 spiro atoms. The largest absolute Gasteiger partial charge is 0.463 e. The van der Waals surface area contributed by atoms with E-state index < -0.39 is 214 Å². The number of rotatable bonds is 28. The minimum absolute atomic E-state index is 0.109. The highest BCUT2D eigenvalue weighted by Crippen LogP contribution is 2.41. The van der Waals surface area contributed by atoms with Gasteiger partial charge in [-0.05, 0) is 13.8 Å². The average molecular weight is 1350 g/mol. The highest BCUT2D eigenvalue weighted by Gasteiger charge is 2.61. The summed E-state index contributed by atoms with van der Waals surface area (Å²) in [5, 5.41) is 8.13. The summed E-state index contributed by atoms with van der Waals surface area (Å²) in [6.07, 6.45) is -28.8. The molecule has 4 aliphatic rings. The number of hydrogen-bond acceptors (Lipinski definition) is 34. The summed E-state index contributed by atoms with van der Waals surface area (Å²) in [7, 11) is 0. The number of amides is 1. The number of aromatic nitrogens is 3. The van der Waals surface area contributed by atoms with Crippen LogP contribution in [0.1, 0.15) is 110 Å². The predicted octanol–water partition coefficient (Wildman–Crippen LogP) is -0.603. The van der Waals surface area contributed by atoms with E-state index in [1.807, 2.05) is 6.92 Å². The van der Waals surface area contributed by atoms with Gasteiger partial charge in [0.25, 0.3) is 0 Å². The standard InChI is InChI=1S/C58H80N4O32/c1-16-76-18-17-61-20-40(59-60-61)22-80-56-54(89-37(14)74)51(86-34(11)71)47(42(91-56)23-78-28(5)65)94-58-55(90-38(15)75)52(87-35(12)72)48(43(92-58)24-79-29(6)66)93-57-53(88-36(13)73)49(84-32(9)69)44(25(2)81-57)62(26(3)63)41-19-39(21-77-27(4)64)45(82-30(7)67)50(85-33(10)70)46(41)83-31(8)68/h19-20,25,41-58H,16-18,21-24H2,1-15H3/t25-,41+,42-,43-,44-,45-,46+,47-,48-,49+,50+,51+,52+,53-,54-,55-,56-,57-,58-/m1/s1. The number of esters is 12. The molecule has 0 saturated carbocycles. The second kappa shape index (κ2) is 35.3. The van der Waals surface area contributed by atoms with Crippen LogP contribution in [-0.2, 0) is 165 Å². The lowest BCUT2D eigenvalue weighted by Crippen LogP contribution is -2.71. The van der Waals surface area contributed by atoms with Crippen LogP contribution >= 0.6 is 0 Å². The molecule has 3 saturated heterocycles. The number of ether oxygens (including phenoxy) is 19. The fraction of sp³-hybridized carbons (Fsp3) is 0.707. The monoisotopic (exact) mass is 1340 g/mol. The van der Waals surface area contributed by atoms with Gasteiger partial charge in [-0.15, -0.1) is 5.10 Å². The third-order valence-electron chi connectivity index (χ3n) is 13.9. The normalized spacial score (nSPS) is 29.6. The zero-order valence-electron chi connectivity index (χ0n) is 54.4. The van der Waals surface area contributed by atoms with Crippen molar-refractivity contribution in [3.8, 4) is 0 Å². The topological polar surface area (TPSA) is 431 Å². The molecule has 94 heavy (non-hydrogen) atoms. The van der Waals surface area contributed by atoms with Crippen molar-refractivity contribution in [1.29, 1.82) is 0 Å². The molecule has 1 aromatic rings. The second-order valence-electron chi connectivity index (χ2n) is 21.6. The van der Waals surface area contributed by atoms with Gasteiger partial charge in [0.1, 0.15) is 49.9 Å². The molecule has 36 heteroatoms. The summed E-state index contributed by atoms with van der Waals surface area (Å²) in [6.45, 7) is 14.4. The van der Waals surface area contributed by atoms with E-state index in [2.05, 4.69) is 10.3 Å². The Hall–Kier alpha value is -8.29. The Bertz CT molecular complexity index is 2930. The second-order valence-corrected chi connectivity index (χ2v) is 21.6. The van der Waals surface area contributed by atoms with Crippen LogP contribution in [0, 0.1) is 0 Å². The van der Waals surface area contributed by atoms with Crippen LogP contribution in [0.5, 0.6) is 0 Å². The molecule has 524 valence electrons. The molecule has 36 nitrogen and oxygen atoms in total. The van der Waals surface area contributed by atoms with Crippen molar-refractivity contribution in [2.45, 2.75) is 233 Å². The van der Waals surface area contributed by atoms with Gasteiger partial charge in [-0.25, -0.2) is 4.68 Å². The molecular weight excluding hydrogens is 1260 g/mol. The lowest BCUT2D eigenvalue weighted by atomic mass is 9.84. The molecule has 1 amide bonds. The molecule has 1 aromatic heterocycles. The van der Waals surface area contributed by atoms with Gasteiger partial charge in [0.05, 0.1) is 44.1 Å². The summed E-state index contributed by atoms with van der Waals surface area (Å²) in [6, 6.07) is -3.37. The van der Waals surface area contributed by atoms with Crippen LogP contribution in [0.25, 0.3) is 0 Å². The number of nitrogens with zero attached hydrogens (tertiary/aromatic N) is 4. The average Bonchev–Trinajstić information content (AvgIpc) is 0.869. The van der Waals surface area contributed by atoms with Crippen molar-refractivity contribution in [3.05, 3.63) is 23.5 Å². The van der Waals surface area contributed by atoms with Gasteiger partial charge in [-0.2, -0.15) is 0 Å². The maximum absolute atomic E-state index is 14.5. The summed E-state index contributed by atoms with van der Waals surface area (Å²) >= 11 is 0. The molecular formula is C58H80N4O32. The van der Waals surface area contributed by atoms with Gasteiger partial charge in [0.2, 0.25) is 5.91 Å². The summed E-state index contributed by atoms with van der Waals surface area (Å²) in [4.78, 5) is 171. The molecule has 4 heterocycles. The molecule has 19 atom stereocenters. The van der Waals surface area contributed by atoms with Crippen LogP contribution in [0.15, 0.2) is 17.8 Å². The van der Waals surface area contributed by atoms with Crippen molar-refractivity contribution in [1.82, 2.24) is 19.9 Å². The zero-order valence-corrected chi connectivity index (χ0v) is 54.4. The van der Waals surface area contributed by atoms with Gasteiger partial charge in [-0.1, -0.05) is 11.3 Å². The Balaban J connectivity index is 1.68. The van der Waals surface area contributed by atoms with E-state index in [4.69, 9.17) is 90.0 Å². The quantitative estimate of drug-likeness (QED) is 0.0437. The van der Waals surface area contributed by atoms with E-state index in [1.165, 1.54) is 23.9 Å². The Morgan fingerprint density at radius 1 is 0.468 bits per heavy atom. The lowest BCUT2D eigenvalue weighted by molar-refractivity contribution is -0.378. The van der Waals surface area contributed by atoms with Crippen molar-refractivity contribution >= 4 is 77.5 Å². The first-order valence-electron chi connectivity index (χ1n) is 29.5.